The van der Waals surface area contributed by atoms with E-state index in [1.807, 2.05) is 42.6 Å². The highest BCUT2D eigenvalue weighted by Crippen LogP contribution is 2.65. The molecule has 5 nitrogen and oxygen atoms in total. The number of hydrazone groups is 1. The molecule has 0 spiro atoms. The van der Waals surface area contributed by atoms with E-state index in [-0.39, 0.29) is 35.5 Å². The van der Waals surface area contributed by atoms with Crippen LogP contribution in [0.4, 0.5) is 0 Å². The van der Waals surface area contributed by atoms with Gasteiger partial charge in [0.25, 0.3) is 11.8 Å². The third-order valence-corrected chi connectivity index (χ3v) is 8.85. The summed E-state index contributed by atoms with van der Waals surface area (Å²) in [5.74, 6) is 0.798. The van der Waals surface area contributed by atoms with Crippen molar-refractivity contribution in [2.75, 3.05) is 0 Å². The highest BCUT2D eigenvalue weighted by Gasteiger charge is 2.67. The van der Waals surface area contributed by atoms with Gasteiger partial charge in [0.1, 0.15) is 0 Å². The lowest BCUT2D eigenvalue weighted by molar-refractivity contribution is -0.140. The van der Waals surface area contributed by atoms with E-state index in [0.717, 1.165) is 33.5 Å². The van der Waals surface area contributed by atoms with Gasteiger partial charge in [-0.3, -0.25) is 9.59 Å². The minimum absolute atomic E-state index is 0.143. The first kappa shape index (κ1) is 20.5. The van der Waals surface area contributed by atoms with Gasteiger partial charge in [0.2, 0.25) is 0 Å². The average molecular weight is 490 g/mol. The summed E-state index contributed by atoms with van der Waals surface area (Å²) < 4.78 is 2.11. The Kier molecular flexibility index (Phi) is 4.40. The minimum atomic E-state index is -0.237. The first-order chi connectivity index (χ1) is 16.5. The van der Waals surface area contributed by atoms with Crippen molar-refractivity contribution in [1.82, 2.24) is 9.58 Å². The number of fused-ring (bicyclic) bond motifs is 1. The molecule has 2 bridgehead atoms. The van der Waals surface area contributed by atoms with Gasteiger partial charge >= 0.3 is 0 Å². The summed E-state index contributed by atoms with van der Waals surface area (Å²) in [6.07, 6.45) is 9.15. The van der Waals surface area contributed by atoms with Crippen LogP contribution in [0.25, 0.3) is 10.9 Å². The van der Waals surface area contributed by atoms with Crippen molar-refractivity contribution in [3.8, 4) is 0 Å². The fourth-order valence-corrected chi connectivity index (χ4v) is 6.84. The van der Waals surface area contributed by atoms with Crippen LogP contribution in [-0.2, 0) is 16.1 Å². The number of carbonyl (C=O) groups is 2. The fourth-order valence-electron chi connectivity index (χ4n) is 6.52. The molecular weight excluding hydrogens is 469 g/mol. The van der Waals surface area contributed by atoms with E-state index in [1.165, 1.54) is 0 Å². The zero-order valence-corrected chi connectivity index (χ0v) is 19.7. The summed E-state index contributed by atoms with van der Waals surface area (Å²) >= 11 is 12.3. The van der Waals surface area contributed by atoms with Gasteiger partial charge in [-0.05, 0) is 53.9 Å². The topological polar surface area (TPSA) is 54.7 Å². The van der Waals surface area contributed by atoms with Crippen LogP contribution >= 0.6 is 23.2 Å². The Bertz CT molecular complexity index is 1400. The van der Waals surface area contributed by atoms with Gasteiger partial charge < -0.3 is 4.57 Å². The maximum atomic E-state index is 13.2. The van der Waals surface area contributed by atoms with Crippen molar-refractivity contribution in [2.45, 2.75) is 13.0 Å². The van der Waals surface area contributed by atoms with Gasteiger partial charge in [-0.1, -0.05) is 59.6 Å². The molecule has 5 aliphatic rings. The average Bonchev–Trinajstić information content (AvgIpc) is 3.55. The number of imide groups is 1. The van der Waals surface area contributed by atoms with Crippen molar-refractivity contribution in [3.63, 3.8) is 0 Å². The molecule has 1 saturated heterocycles. The van der Waals surface area contributed by atoms with Crippen LogP contribution in [0, 0.1) is 35.5 Å². The number of hydrogen-bond donors (Lipinski definition) is 0. The van der Waals surface area contributed by atoms with Crippen LogP contribution in [0.1, 0.15) is 17.5 Å². The van der Waals surface area contributed by atoms with Crippen molar-refractivity contribution in [2.24, 2.45) is 40.6 Å². The number of amides is 2. The number of benzene rings is 2. The third-order valence-electron chi connectivity index (χ3n) is 8.11. The lowest BCUT2D eigenvalue weighted by Crippen LogP contribution is -2.40. The molecular formula is C27H21Cl2N3O2. The summed E-state index contributed by atoms with van der Waals surface area (Å²) in [6, 6.07) is 13.6. The number of hydrogen-bond acceptors (Lipinski definition) is 3. The Morgan fingerprint density at radius 3 is 2.35 bits per heavy atom. The molecule has 1 aliphatic heterocycles. The van der Waals surface area contributed by atoms with Crippen LogP contribution in [0.15, 0.2) is 65.9 Å². The number of halogens is 2. The van der Waals surface area contributed by atoms with Gasteiger partial charge in [-0.25, -0.2) is 0 Å². The summed E-state index contributed by atoms with van der Waals surface area (Å²) in [4.78, 5) is 26.4. The molecule has 2 saturated carbocycles. The number of para-hydroxylation sites is 1. The van der Waals surface area contributed by atoms with Crippen LogP contribution in [0.2, 0.25) is 10.0 Å². The summed E-state index contributed by atoms with van der Waals surface area (Å²) in [5.41, 5.74) is 2.91. The molecule has 0 radical (unpaired) electrons. The number of carbonyl (C=O) groups excluding carboxylic acids is 2. The lowest BCUT2D eigenvalue weighted by atomic mass is 9.63. The zero-order chi connectivity index (χ0) is 23.1. The Morgan fingerprint density at radius 2 is 1.65 bits per heavy atom. The van der Waals surface area contributed by atoms with Crippen LogP contribution in [-0.4, -0.2) is 27.6 Å². The molecule has 0 N–H and O–H groups in total. The number of rotatable bonds is 4. The van der Waals surface area contributed by atoms with E-state index in [1.54, 1.807) is 12.3 Å². The van der Waals surface area contributed by atoms with Crippen molar-refractivity contribution >= 4 is 52.1 Å². The predicted molar refractivity (Wildman–Crippen MR) is 132 cm³/mol. The Balaban J connectivity index is 1.20. The number of aromatic nitrogens is 1. The summed E-state index contributed by atoms with van der Waals surface area (Å²) in [5, 5.41) is 7.63. The van der Waals surface area contributed by atoms with E-state index in [0.29, 0.717) is 28.4 Å². The first-order valence-corrected chi connectivity index (χ1v) is 12.4. The van der Waals surface area contributed by atoms with Crippen molar-refractivity contribution < 1.29 is 9.59 Å². The minimum Gasteiger partial charge on any atom is -0.342 e. The predicted octanol–water partition coefficient (Wildman–Crippen LogP) is 5.38. The first-order valence-electron chi connectivity index (χ1n) is 11.6. The molecule has 3 fully saturated rings. The molecule has 2 heterocycles. The van der Waals surface area contributed by atoms with Gasteiger partial charge in [0.15, 0.2) is 0 Å². The molecule has 3 aromatic rings. The van der Waals surface area contributed by atoms with E-state index in [4.69, 9.17) is 23.2 Å². The third kappa shape index (κ3) is 2.90. The van der Waals surface area contributed by atoms with Gasteiger partial charge in [-0.2, -0.15) is 10.1 Å². The molecule has 170 valence electrons. The normalized spacial score (nSPS) is 31.1. The monoisotopic (exact) mass is 489 g/mol. The maximum Gasteiger partial charge on any atom is 0.254 e. The second kappa shape index (κ2) is 7.30. The second-order valence-electron chi connectivity index (χ2n) is 9.87. The van der Waals surface area contributed by atoms with Gasteiger partial charge in [-0.15, -0.1) is 0 Å². The molecule has 4 aliphatic carbocycles. The van der Waals surface area contributed by atoms with Crippen molar-refractivity contribution in [3.05, 3.63) is 82.0 Å². The lowest BCUT2D eigenvalue weighted by Gasteiger charge is -2.37. The molecule has 0 unspecified atom stereocenters. The SMILES string of the molecule is O=C1[C@@H]2[C@H]3C=C[C@@H]([C@@H]4C[C@@H]34)[C@@H]2C(=O)N1N=Cc1cn(Cc2ccc(Cl)c(Cl)c2)c2ccccc12. The van der Waals surface area contributed by atoms with Crippen LogP contribution in [0.3, 0.4) is 0 Å². The van der Waals surface area contributed by atoms with Crippen LogP contribution in [0.5, 0.6) is 0 Å². The fraction of sp³-hybridized carbons (Fsp3) is 0.296. The molecule has 1 aromatic heterocycles. The molecule has 8 rings (SSSR count). The zero-order valence-electron chi connectivity index (χ0n) is 18.1. The van der Waals surface area contributed by atoms with Crippen molar-refractivity contribution in [1.29, 1.82) is 0 Å². The van der Waals surface area contributed by atoms with E-state index >= 15 is 0 Å². The summed E-state index contributed by atoms with van der Waals surface area (Å²) in [6.45, 7) is 0.606. The highest BCUT2D eigenvalue weighted by molar-refractivity contribution is 6.42. The smallest absolute Gasteiger partial charge is 0.254 e. The van der Waals surface area contributed by atoms with E-state index < -0.39 is 0 Å². The Hall–Kier alpha value is -2.89. The molecule has 34 heavy (non-hydrogen) atoms. The summed E-state index contributed by atoms with van der Waals surface area (Å²) in [7, 11) is 0. The number of nitrogens with zero attached hydrogens (tertiary/aromatic N) is 3. The highest BCUT2D eigenvalue weighted by atomic mass is 35.5. The van der Waals surface area contributed by atoms with Crippen LogP contribution < -0.4 is 0 Å². The Morgan fingerprint density at radius 1 is 0.941 bits per heavy atom. The maximum absolute atomic E-state index is 13.2. The van der Waals surface area contributed by atoms with Gasteiger partial charge in [0.05, 0.1) is 28.1 Å². The largest absolute Gasteiger partial charge is 0.342 e. The van der Waals surface area contributed by atoms with Gasteiger partial charge in [0, 0.05) is 29.2 Å². The second-order valence-corrected chi connectivity index (χ2v) is 10.7. The quantitative estimate of drug-likeness (QED) is 0.280. The van der Waals surface area contributed by atoms with E-state index in [9.17, 15) is 9.59 Å². The molecule has 2 aromatic carbocycles. The molecule has 2 amide bonds. The molecule has 7 heteroatoms. The standard InChI is InChI=1S/C27H21Cl2N3O2/c28-21-8-5-14(9-22(21)29)12-31-13-15(16-3-1-2-4-23(16)31)11-30-32-26(33)24-17-6-7-18(20-10-19(17)20)25(24)27(32)34/h1-9,11,13,17-20,24-25H,10,12H2/t17-,18-,19-,20-,24-,25+/m0/s1. The Labute approximate surface area is 206 Å². The molecule has 6 atom stereocenters. The van der Waals surface area contributed by atoms with E-state index in [2.05, 4.69) is 21.8 Å². The number of allylic oxidation sites excluding steroid dienone is 2.